The van der Waals surface area contributed by atoms with Crippen LogP contribution in [0.2, 0.25) is 0 Å². The topological polar surface area (TPSA) is 102 Å². The molecule has 0 saturated heterocycles. The van der Waals surface area contributed by atoms with Gasteiger partial charge >= 0.3 is 0 Å². The maximum Gasteiger partial charge on any atom is 0.250 e. The van der Waals surface area contributed by atoms with E-state index in [2.05, 4.69) is 4.98 Å². The van der Waals surface area contributed by atoms with E-state index in [1.54, 1.807) is 31.2 Å². The molecule has 1 amide bonds. The lowest BCUT2D eigenvalue weighted by atomic mass is 9.89. The van der Waals surface area contributed by atoms with Gasteiger partial charge in [0.2, 0.25) is 5.95 Å². The lowest BCUT2D eigenvalue weighted by Gasteiger charge is -2.17. The fourth-order valence-electron chi connectivity index (χ4n) is 3.06. The zero-order valence-electron chi connectivity index (χ0n) is 14.4. The summed E-state index contributed by atoms with van der Waals surface area (Å²) in [4.78, 5) is 15.4. The van der Waals surface area contributed by atoms with Crippen LogP contribution in [0.15, 0.2) is 42.6 Å². The number of rotatable bonds is 3. The Hall–Kier alpha value is -3.41. The molecule has 0 aliphatic rings. The van der Waals surface area contributed by atoms with Crippen LogP contribution in [0.4, 0.5) is 10.1 Å². The standard InChI is InChI=1S/C20H18FN3O2/c1-10-3-4-16(25)11(2)18(10)14-7-13(8-15(19(14)22)20(23)26)12-5-6-24-17(21)9-12/h3-9,25H,22H2,1-2H3,(H2,23,26). The molecule has 0 aliphatic carbocycles. The number of carbonyl (C=O) groups is 1. The van der Waals surface area contributed by atoms with Gasteiger partial charge in [-0.15, -0.1) is 0 Å². The molecule has 0 radical (unpaired) electrons. The summed E-state index contributed by atoms with van der Waals surface area (Å²) in [5.41, 5.74) is 15.9. The Morgan fingerprint density at radius 2 is 1.85 bits per heavy atom. The molecule has 6 heteroatoms. The van der Waals surface area contributed by atoms with Crippen molar-refractivity contribution < 1.29 is 14.3 Å². The van der Waals surface area contributed by atoms with E-state index in [1.807, 2.05) is 6.92 Å². The van der Waals surface area contributed by atoms with Gasteiger partial charge in [0.1, 0.15) is 5.75 Å². The minimum absolute atomic E-state index is 0.117. The second kappa shape index (κ2) is 6.48. The van der Waals surface area contributed by atoms with E-state index in [1.165, 1.54) is 18.3 Å². The van der Waals surface area contributed by atoms with E-state index in [-0.39, 0.29) is 17.0 Å². The summed E-state index contributed by atoms with van der Waals surface area (Å²) < 4.78 is 13.5. The molecular formula is C20H18FN3O2. The summed E-state index contributed by atoms with van der Waals surface area (Å²) >= 11 is 0. The Balaban J connectivity index is 2.36. The number of phenols is 1. The lowest BCUT2D eigenvalue weighted by Crippen LogP contribution is -2.14. The molecular weight excluding hydrogens is 333 g/mol. The van der Waals surface area contributed by atoms with Gasteiger partial charge in [0.15, 0.2) is 0 Å². The van der Waals surface area contributed by atoms with Crippen LogP contribution < -0.4 is 11.5 Å². The Kier molecular flexibility index (Phi) is 4.34. The van der Waals surface area contributed by atoms with Gasteiger partial charge in [0, 0.05) is 17.8 Å². The summed E-state index contributed by atoms with van der Waals surface area (Å²) in [5, 5.41) is 10.1. The van der Waals surface area contributed by atoms with Gasteiger partial charge < -0.3 is 16.6 Å². The van der Waals surface area contributed by atoms with Crippen molar-refractivity contribution in [3.63, 3.8) is 0 Å². The Labute approximate surface area is 150 Å². The van der Waals surface area contributed by atoms with E-state index >= 15 is 0 Å². The maximum atomic E-state index is 13.5. The van der Waals surface area contributed by atoms with Crippen molar-refractivity contribution in [2.75, 3.05) is 5.73 Å². The number of benzene rings is 2. The summed E-state index contributed by atoms with van der Waals surface area (Å²) in [5.74, 6) is -1.20. The monoisotopic (exact) mass is 351 g/mol. The molecule has 0 atom stereocenters. The maximum absolute atomic E-state index is 13.5. The van der Waals surface area contributed by atoms with E-state index in [9.17, 15) is 14.3 Å². The molecule has 1 heterocycles. The first-order valence-corrected chi connectivity index (χ1v) is 7.94. The van der Waals surface area contributed by atoms with Gasteiger partial charge in [-0.3, -0.25) is 4.79 Å². The molecule has 2 aromatic carbocycles. The largest absolute Gasteiger partial charge is 0.508 e. The number of hydrogen-bond acceptors (Lipinski definition) is 4. The molecule has 3 rings (SSSR count). The Bertz CT molecular complexity index is 1030. The third-order valence-corrected chi connectivity index (χ3v) is 4.42. The highest BCUT2D eigenvalue weighted by molar-refractivity contribution is 6.04. The molecule has 0 spiro atoms. The van der Waals surface area contributed by atoms with E-state index in [0.29, 0.717) is 27.8 Å². The van der Waals surface area contributed by atoms with Crippen molar-refractivity contribution in [2.45, 2.75) is 13.8 Å². The smallest absolute Gasteiger partial charge is 0.250 e. The molecule has 26 heavy (non-hydrogen) atoms. The number of nitrogen functional groups attached to an aromatic ring is 1. The highest BCUT2D eigenvalue weighted by Gasteiger charge is 2.18. The number of halogens is 1. The zero-order chi connectivity index (χ0) is 19.0. The number of aromatic hydroxyl groups is 1. The van der Waals surface area contributed by atoms with E-state index in [4.69, 9.17) is 11.5 Å². The predicted octanol–water partition coefficient (Wildman–Crippen LogP) is 3.56. The highest BCUT2D eigenvalue weighted by atomic mass is 19.1. The molecule has 0 bridgehead atoms. The summed E-state index contributed by atoms with van der Waals surface area (Å²) in [6.07, 6.45) is 1.34. The number of aromatic nitrogens is 1. The SMILES string of the molecule is Cc1ccc(O)c(C)c1-c1cc(-c2ccnc(F)c2)cc(C(N)=O)c1N. The molecule has 0 unspecified atom stereocenters. The van der Waals surface area contributed by atoms with Crippen LogP contribution in [0.3, 0.4) is 0 Å². The number of amides is 1. The Morgan fingerprint density at radius 3 is 2.50 bits per heavy atom. The lowest BCUT2D eigenvalue weighted by molar-refractivity contribution is 0.100. The number of nitrogens with two attached hydrogens (primary N) is 2. The number of phenolic OH excluding ortho intramolecular Hbond substituents is 1. The second-order valence-electron chi connectivity index (χ2n) is 6.12. The van der Waals surface area contributed by atoms with Crippen molar-refractivity contribution in [2.24, 2.45) is 5.73 Å². The highest BCUT2D eigenvalue weighted by Crippen LogP contribution is 2.39. The average Bonchev–Trinajstić information content (AvgIpc) is 2.59. The third-order valence-electron chi connectivity index (χ3n) is 4.42. The first-order chi connectivity index (χ1) is 12.3. The minimum Gasteiger partial charge on any atom is -0.508 e. The zero-order valence-corrected chi connectivity index (χ0v) is 14.4. The first-order valence-electron chi connectivity index (χ1n) is 7.94. The number of hydrogen-bond donors (Lipinski definition) is 3. The summed E-state index contributed by atoms with van der Waals surface area (Å²) in [7, 11) is 0. The predicted molar refractivity (Wildman–Crippen MR) is 99.1 cm³/mol. The third kappa shape index (κ3) is 2.97. The van der Waals surface area contributed by atoms with Crippen molar-refractivity contribution in [1.82, 2.24) is 4.98 Å². The fraction of sp³-hybridized carbons (Fsp3) is 0.100. The van der Waals surface area contributed by atoms with Gasteiger partial charge in [0.25, 0.3) is 5.91 Å². The number of pyridine rings is 1. The van der Waals surface area contributed by atoms with Crippen LogP contribution in [-0.4, -0.2) is 16.0 Å². The van der Waals surface area contributed by atoms with Crippen LogP contribution in [-0.2, 0) is 0 Å². The molecule has 5 N–H and O–H groups in total. The molecule has 1 aromatic heterocycles. The quantitative estimate of drug-likeness (QED) is 0.496. The normalized spacial score (nSPS) is 10.7. The van der Waals surface area contributed by atoms with Gasteiger partial charge in [-0.2, -0.15) is 4.39 Å². The average molecular weight is 351 g/mol. The van der Waals surface area contributed by atoms with Crippen molar-refractivity contribution in [3.8, 4) is 28.0 Å². The number of anilines is 1. The van der Waals surface area contributed by atoms with Gasteiger partial charge in [-0.05, 0) is 65.9 Å². The molecule has 0 fully saturated rings. The van der Waals surface area contributed by atoms with Crippen LogP contribution in [0, 0.1) is 19.8 Å². The summed E-state index contributed by atoms with van der Waals surface area (Å²) in [6, 6.07) is 9.55. The molecule has 0 aliphatic heterocycles. The van der Waals surface area contributed by atoms with E-state index < -0.39 is 11.9 Å². The molecule has 3 aromatic rings. The molecule has 132 valence electrons. The van der Waals surface area contributed by atoms with Gasteiger partial charge in [-0.25, -0.2) is 4.98 Å². The molecule has 0 saturated carbocycles. The number of carbonyl (C=O) groups excluding carboxylic acids is 1. The van der Waals surface area contributed by atoms with E-state index in [0.717, 1.165) is 5.56 Å². The van der Waals surface area contributed by atoms with Gasteiger partial charge in [0.05, 0.1) is 11.3 Å². The number of nitrogens with zero attached hydrogens (tertiary/aromatic N) is 1. The van der Waals surface area contributed by atoms with Crippen molar-refractivity contribution in [3.05, 3.63) is 65.2 Å². The van der Waals surface area contributed by atoms with Crippen molar-refractivity contribution in [1.29, 1.82) is 0 Å². The first kappa shape index (κ1) is 17.4. The Morgan fingerprint density at radius 1 is 1.12 bits per heavy atom. The van der Waals surface area contributed by atoms with Crippen LogP contribution in [0.5, 0.6) is 5.75 Å². The second-order valence-corrected chi connectivity index (χ2v) is 6.12. The number of aryl methyl sites for hydroxylation is 1. The number of primary amides is 1. The van der Waals surface area contributed by atoms with Gasteiger partial charge in [-0.1, -0.05) is 6.07 Å². The van der Waals surface area contributed by atoms with Crippen molar-refractivity contribution >= 4 is 11.6 Å². The summed E-state index contributed by atoms with van der Waals surface area (Å²) in [6.45, 7) is 3.64. The van der Waals surface area contributed by atoms with Crippen LogP contribution in [0.1, 0.15) is 21.5 Å². The fourth-order valence-corrected chi connectivity index (χ4v) is 3.06. The molecule has 5 nitrogen and oxygen atoms in total. The minimum atomic E-state index is -0.685. The van der Waals surface area contributed by atoms with Crippen LogP contribution >= 0.6 is 0 Å². The van der Waals surface area contributed by atoms with Crippen LogP contribution in [0.25, 0.3) is 22.3 Å².